The van der Waals surface area contributed by atoms with E-state index in [-0.39, 0.29) is 17.6 Å². The van der Waals surface area contributed by atoms with Gasteiger partial charge in [-0.3, -0.25) is 14.6 Å². The molecule has 2 amide bonds. The first-order valence-electron chi connectivity index (χ1n) is 8.31. The van der Waals surface area contributed by atoms with Crippen molar-refractivity contribution in [1.29, 1.82) is 0 Å². The maximum atomic E-state index is 12.5. The molecule has 132 valence electrons. The van der Waals surface area contributed by atoms with E-state index >= 15 is 0 Å². The second-order valence-corrected chi connectivity index (χ2v) is 5.84. The quantitative estimate of drug-likeness (QED) is 0.569. The summed E-state index contributed by atoms with van der Waals surface area (Å²) >= 11 is 0. The zero-order valence-electron chi connectivity index (χ0n) is 14.2. The van der Waals surface area contributed by atoms with Crippen molar-refractivity contribution in [2.45, 2.75) is 0 Å². The summed E-state index contributed by atoms with van der Waals surface area (Å²) in [5.74, 6) is -0.364. The fourth-order valence-corrected chi connectivity index (χ4v) is 2.71. The van der Waals surface area contributed by atoms with Gasteiger partial charge in [-0.05, 0) is 60.7 Å². The number of carbonyl (C=O) groups excluding carboxylic acids is 2. The molecule has 0 fully saturated rings. The van der Waals surface area contributed by atoms with Gasteiger partial charge in [-0.2, -0.15) is 0 Å². The van der Waals surface area contributed by atoms with Crippen molar-refractivity contribution in [3.8, 4) is 0 Å². The molecule has 0 unspecified atom stereocenters. The lowest BCUT2D eigenvalue weighted by molar-refractivity contribution is 0.0995. The van der Waals surface area contributed by atoms with E-state index in [4.69, 9.17) is 4.42 Å². The molecule has 2 N–H and O–H groups in total. The van der Waals surface area contributed by atoms with Crippen LogP contribution in [-0.4, -0.2) is 16.8 Å². The lowest BCUT2D eigenvalue weighted by Crippen LogP contribution is -2.13. The summed E-state index contributed by atoms with van der Waals surface area (Å²) in [6.45, 7) is 0. The van der Waals surface area contributed by atoms with Crippen LogP contribution in [0.15, 0.2) is 83.6 Å². The topological polar surface area (TPSA) is 84.2 Å². The van der Waals surface area contributed by atoms with Gasteiger partial charge in [-0.25, -0.2) is 0 Å². The van der Waals surface area contributed by atoms with Crippen LogP contribution in [0.2, 0.25) is 0 Å². The molecule has 2 aromatic carbocycles. The summed E-state index contributed by atoms with van der Waals surface area (Å²) in [7, 11) is 0. The number of aromatic nitrogens is 1. The molecule has 0 aliphatic carbocycles. The van der Waals surface area contributed by atoms with Gasteiger partial charge in [0.15, 0.2) is 5.76 Å². The van der Waals surface area contributed by atoms with Crippen molar-refractivity contribution in [1.82, 2.24) is 4.98 Å². The number of pyridine rings is 1. The predicted molar refractivity (Wildman–Crippen MR) is 103 cm³/mol. The molecular weight excluding hydrogens is 342 g/mol. The van der Waals surface area contributed by atoms with Crippen molar-refractivity contribution in [2.75, 3.05) is 10.6 Å². The zero-order valence-corrected chi connectivity index (χ0v) is 14.2. The number of benzene rings is 2. The van der Waals surface area contributed by atoms with Gasteiger partial charge in [-0.1, -0.05) is 6.07 Å². The number of furan rings is 1. The summed E-state index contributed by atoms with van der Waals surface area (Å²) in [6.07, 6.45) is 3.15. The molecule has 0 spiro atoms. The Labute approximate surface area is 154 Å². The van der Waals surface area contributed by atoms with Crippen LogP contribution >= 0.6 is 0 Å². The van der Waals surface area contributed by atoms with Gasteiger partial charge in [0, 0.05) is 22.8 Å². The van der Waals surface area contributed by atoms with Crippen molar-refractivity contribution < 1.29 is 14.0 Å². The van der Waals surface area contributed by atoms with Crippen LogP contribution in [0, 0.1) is 0 Å². The van der Waals surface area contributed by atoms with Gasteiger partial charge in [-0.15, -0.1) is 0 Å². The summed E-state index contributed by atoms with van der Waals surface area (Å²) in [6, 6.07) is 19.2. The SMILES string of the molecule is O=C(Nc1cccc2ncccc12)c1ccc(NC(=O)c2ccco2)cc1. The second-order valence-electron chi connectivity index (χ2n) is 5.84. The first-order chi connectivity index (χ1) is 13.2. The average Bonchev–Trinajstić information content (AvgIpc) is 3.24. The maximum absolute atomic E-state index is 12.5. The normalized spacial score (nSPS) is 10.5. The van der Waals surface area contributed by atoms with E-state index in [1.54, 1.807) is 42.6 Å². The van der Waals surface area contributed by atoms with Gasteiger partial charge in [0.05, 0.1) is 17.5 Å². The van der Waals surface area contributed by atoms with Crippen molar-refractivity contribution in [3.05, 3.63) is 90.5 Å². The first kappa shape index (κ1) is 16.5. The van der Waals surface area contributed by atoms with E-state index in [1.165, 1.54) is 6.26 Å². The third-order valence-electron chi connectivity index (χ3n) is 4.04. The van der Waals surface area contributed by atoms with Gasteiger partial charge in [0.25, 0.3) is 11.8 Å². The summed E-state index contributed by atoms with van der Waals surface area (Å²) in [5, 5.41) is 6.49. The Balaban J connectivity index is 1.48. The lowest BCUT2D eigenvalue weighted by atomic mass is 10.1. The second kappa shape index (κ2) is 7.13. The molecule has 6 heteroatoms. The van der Waals surface area contributed by atoms with Crippen LogP contribution < -0.4 is 10.6 Å². The highest BCUT2D eigenvalue weighted by Gasteiger charge is 2.11. The van der Waals surface area contributed by atoms with E-state index in [0.29, 0.717) is 16.9 Å². The Kier molecular flexibility index (Phi) is 4.37. The molecule has 0 atom stereocenters. The molecular formula is C21H15N3O3. The van der Waals surface area contributed by atoms with Crippen LogP contribution in [-0.2, 0) is 0 Å². The van der Waals surface area contributed by atoms with Crippen LogP contribution in [0.1, 0.15) is 20.9 Å². The number of hydrogen-bond donors (Lipinski definition) is 2. The van der Waals surface area contributed by atoms with E-state index < -0.39 is 0 Å². The highest BCUT2D eigenvalue weighted by Crippen LogP contribution is 2.22. The summed E-state index contributed by atoms with van der Waals surface area (Å²) < 4.78 is 5.05. The maximum Gasteiger partial charge on any atom is 0.291 e. The number of nitrogens with one attached hydrogen (secondary N) is 2. The molecule has 6 nitrogen and oxygen atoms in total. The van der Waals surface area contributed by atoms with Gasteiger partial charge < -0.3 is 15.1 Å². The minimum absolute atomic E-state index is 0.224. The Bertz CT molecular complexity index is 1100. The molecule has 0 aliphatic heterocycles. The number of fused-ring (bicyclic) bond motifs is 1. The average molecular weight is 357 g/mol. The number of amides is 2. The van der Waals surface area contributed by atoms with Crippen LogP contribution in [0.3, 0.4) is 0 Å². The van der Waals surface area contributed by atoms with E-state index in [1.807, 2.05) is 30.3 Å². The number of anilines is 2. The fraction of sp³-hybridized carbons (Fsp3) is 0. The molecule has 27 heavy (non-hydrogen) atoms. The highest BCUT2D eigenvalue weighted by atomic mass is 16.3. The van der Waals surface area contributed by atoms with Gasteiger partial charge >= 0.3 is 0 Å². The minimum atomic E-state index is -0.347. The van der Waals surface area contributed by atoms with Crippen molar-refractivity contribution in [3.63, 3.8) is 0 Å². The fourth-order valence-electron chi connectivity index (χ4n) is 2.71. The third kappa shape index (κ3) is 3.55. The molecule has 0 bridgehead atoms. The zero-order chi connectivity index (χ0) is 18.6. The molecule has 4 aromatic rings. The molecule has 2 aromatic heterocycles. The molecule has 0 saturated carbocycles. The van der Waals surface area contributed by atoms with E-state index in [2.05, 4.69) is 15.6 Å². The van der Waals surface area contributed by atoms with E-state index in [0.717, 1.165) is 10.9 Å². The van der Waals surface area contributed by atoms with E-state index in [9.17, 15) is 9.59 Å². The highest BCUT2D eigenvalue weighted by molar-refractivity contribution is 6.09. The Morgan fingerprint density at radius 2 is 1.67 bits per heavy atom. The number of nitrogens with zero attached hydrogens (tertiary/aromatic N) is 1. The van der Waals surface area contributed by atoms with Crippen LogP contribution in [0.25, 0.3) is 10.9 Å². The van der Waals surface area contributed by atoms with Crippen LogP contribution in [0.4, 0.5) is 11.4 Å². The minimum Gasteiger partial charge on any atom is -0.459 e. The number of rotatable bonds is 4. The predicted octanol–water partition coefficient (Wildman–Crippen LogP) is 4.33. The largest absolute Gasteiger partial charge is 0.459 e. The summed E-state index contributed by atoms with van der Waals surface area (Å²) in [5.41, 5.74) is 2.56. The lowest BCUT2D eigenvalue weighted by Gasteiger charge is -2.09. The number of hydrogen-bond acceptors (Lipinski definition) is 4. The molecule has 4 rings (SSSR count). The standard InChI is InChI=1S/C21H15N3O3/c25-20(24-18-6-1-5-17-16(18)4-2-12-22-17)14-8-10-15(11-9-14)23-21(26)19-7-3-13-27-19/h1-13H,(H,23,26)(H,24,25). The Morgan fingerprint density at radius 3 is 2.44 bits per heavy atom. The molecule has 0 radical (unpaired) electrons. The smallest absolute Gasteiger partial charge is 0.291 e. The van der Waals surface area contributed by atoms with Gasteiger partial charge in [0.1, 0.15) is 0 Å². The Morgan fingerprint density at radius 1 is 0.815 bits per heavy atom. The Hall–Kier alpha value is -3.93. The van der Waals surface area contributed by atoms with Crippen molar-refractivity contribution >= 4 is 34.1 Å². The van der Waals surface area contributed by atoms with Crippen molar-refractivity contribution in [2.24, 2.45) is 0 Å². The molecule has 0 aliphatic rings. The summed E-state index contributed by atoms with van der Waals surface area (Å²) in [4.78, 5) is 28.8. The third-order valence-corrected chi connectivity index (χ3v) is 4.04. The van der Waals surface area contributed by atoms with Crippen LogP contribution in [0.5, 0.6) is 0 Å². The molecule has 2 heterocycles. The van der Waals surface area contributed by atoms with Gasteiger partial charge in [0.2, 0.25) is 0 Å². The molecule has 0 saturated heterocycles. The first-order valence-corrected chi connectivity index (χ1v) is 8.31. The monoisotopic (exact) mass is 357 g/mol. The number of carbonyl (C=O) groups is 2.